The summed E-state index contributed by atoms with van der Waals surface area (Å²) in [6.07, 6.45) is 5.44. The maximum Gasteiger partial charge on any atom is 0.194 e. The minimum atomic E-state index is 0.192. The molecule has 1 atom stereocenters. The van der Waals surface area contributed by atoms with E-state index in [1.807, 2.05) is 43.9 Å². The zero-order chi connectivity index (χ0) is 19.2. The zero-order valence-corrected chi connectivity index (χ0v) is 16.9. The van der Waals surface area contributed by atoms with Crippen LogP contribution in [0.25, 0.3) is 0 Å². The smallest absolute Gasteiger partial charge is 0.194 e. The van der Waals surface area contributed by atoms with E-state index in [-0.39, 0.29) is 6.10 Å². The second-order valence-electron chi connectivity index (χ2n) is 7.36. The summed E-state index contributed by atoms with van der Waals surface area (Å²) in [4.78, 5) is 7.22. The maximum atomic E-state index is 5.71. The van der Waals surface area contributed by atoms with Gasteiger partial charge >= 0.3 is 0 Å². The summed E-state index contributed by atoms with van der Waals surface area (Å²) in [5, 5.41) is 7.75. The van der Waals surface area contributed by atoms with Gasteiger partial charge in [0.1, 0.15) is 5.75 Å². The van der Waals surface area contributed by atoms with Crippen LogP contribution in [-0.4, -0.2) is 46.4 Å². The molecule has 146 valence electrons. The molecule has 1 aromatic carbocycles. The Labute approximate surface area is 162 Å². The maximum absolute atomic E-state index is 5.71. The number of aliphatic imine (C=N–C) groups is 1. The van der Waals surface area contributed by atoms with Gasteiger partial charge in [-0.15, -0.1) is 0 Å². The highest BCUT2D eigenvalue weighted by Crippen LogP contribution is 2.26. The predicted molar refractivity (Wildman–Crippen MR) is 109 cm³/mol. The third-order valence-electron chi connectivity index (χ3n) is 4.73. The van der Waals surface area contributed by atoms with Crippen molar-refractivity contribution >= 4 is 5.96 Å². The second kappa shape index (κ2) is 8.93. The lowest BCUT2D eigenvalue weighted by atomic mass is 10.0. The Morgan fingerprint density at radius 3 is 2.74 bits per heavy atom. The van der Waals surface area contributed by atoms with E-state index < -0.39 is 0 Å². The monoisotopic (exact) mass is 369 g/mol. The van der Waals surface area contributed by atoms with Crippen molar-refractivity contribution in [2.75, 3.05) is 19.6 Å². The van der Waals surface area contributed by atoms with E-state index in [4.69, 9.17) is 9.73 Å². The first-order valence-corrected chi connectivity index (χ1v) is 9.82. The molecule has 0 amide bonds. The number of aromatic nitrogens is 2. The molecule has 2 heterocycles. The summed E-state index contributed by atoms with van der Waals surface area (Å²) in [6, 6.07) is 8.22. The molecule has 0 aliphatic carbocycles. The topological polar surface area (TPSA) is 54.7 Å². The molecule has 1 aliphatic rings. The van der Waals surface area contributed by atoms with Crippen LogP contribution in [0.2, 0.25) is 0 Å². The van der Waals surface area contributed by atoms with Crippen LogP contribution < -0.4 is 10.1 Å². The van der Waals surface area contributed by atoms with Gasteiger partial charge in [0.25, 0.3) is 0 Å². The molecule has 0 saturated carbocycles. The quantitative estimate of drug-likeness (QED) is 0.628. The third kappa shape index (κ3) is 5.25. The van der Waals surface area contributed by atoms with E-state index in [1.165, 1.54) is 11.1 Å². The van der Waals surface area contributed by atoms with E-state index in [0.29, 0.717) is 12.5 Å². The fourth-order valence-electron chi connectivity index (χ4n) is 3.41. The number of rotatable bonds is 6. The Bertz CT molecular complexity index is 750. The fourth-order valence-corrected chi connectivity index (χ4v) is 3.41. The van der Waals surface area contributed by atoms with E-state index in [9.17, 15) is 0 Å². The van der Waals surface area contributed by atoms with Crippen LogP contribution in [0, 0.1) is 0 Å². The number of guanidine groups is 1. The molecule has 0 bridgehead atoms. The van der Waals surface area contributed by atoms with E-state index in [2.05, 4.69) is 40.6 Å². The summed E-state index contributed by atoms with van der Waals surface area (Å²) in [6.45, 7) is 9.73. The van der Waals surface area contributed by atoms with Gasteiger partial charge in [-0.2, -0.15) is 5.10 Å². The van der Waals surface area contributed by atoms with Crippen molar-refractivity contribution < 1.29 is 4.74 Å². The van der Waals surface area contributed by atoms with Gasteiger partial charge in [0, 0.05) is 38.8 Å². The summed E-state index contributed by atoms with van der Waals surface area (Å²) in [5.74, 6) is 2.42. The molecule has 1 N–H and O–H groups in total. The first kappa shape index (κ1) is 19.3. The Kier molecular flexibility index (Phi) is 6.37. The Morgan fingerprint density at radius 2 is 2.11 bits per heavy atom. The number of likely N-dealkylation sites (tertiary alicyclic amines) is 1. The minimum Gasteiger partial charge on any atom is -0.491 e. The first-order valence-electron chi connectivity index (χ1n) is 9.82. The molecule has 1 unspecified atom stereocenters. The summed E-state index contributed by atoms with van der Waals surface area (Å²) >= 11 is 0. The number of nitrogens with one attached hydrogen (secondary N) is 1. The number of nitrogens with zero attached hydrogens (tertiary/aromatic N) is 4. The van der Waals surface area contributed by atoms with E-state index in [1.54, 1.807) is 0 Å². The molecule has 6 nitrogen and oxygen atoms in total. The molecule has 2 aromatic rings. The van der Waals surface area contributed by atoms with Crippen LogP contribution in [0.4, 0.5) is 0 Å². The van der Waals surface area contributed by atoms with Crippen molar-refractivity contribution in [2.45, 2.75) is 45.8 Å². The molecule has 1 aliphatic heterocycles. The normalized spacial score (nSPS) is 17.6. The molecular formula is C21H31N5O. The van der Waals surface area contributed by atoms with Gasteiger partial charge < -0.3 is 15.0 Å². The van der Waals surface area contributed by atoms with Crippen molar-refractivity contribution in [3.8, 4) is 5.75 Å². The summed E-state index contributed by atoms with van der Waals surface area (Å²) < 4.78 is 7.59. The van der Waals surface area contributed by atoms with Crippen LogP contribution >= 0.6 is 0 Å². The van der Waals surface area contributed by atoms with Gasteiger partial charge in [0.05, 0.1) is 18.8 Å². The van der Waals surface area contributed by atoms with Crippen molar-refractivity contribution in [3.05, 3.63) is 47.8 Å². The standard InChI is InChI=1S/C21H31N5O/c1-5-22-21(23-12-17-6-8-20(9-7-17)27-16(2)3)26-11-10-18(15-26)19-13-24-25(4)14-19/h6-9,13-14,16,18H,5,10-12,15H2,1-4H3,(H,22,23). The molecule has 3 rings (SSSR count). The number of ether oxygens (including phenoxy) is 1. The third-order valence-corrected chi connectivity index (χ3v) is 4.73. The number of hydrogen-bond acceptors (Lipinski definition) is 3. The van der Waals surface area contributed by atoms with Crippen LogP contribution in [0.15, 0.2) is 41.7 Å². The molecule has 1 saturated heterocycles. The Morgan fingerprint density at radius 1 is 1.33 bits per heavy atom. The van der Waals surface area contributed by atoms with Crippen LogP contribution in [-0.2, 0) is 13.6 Å². The Balaban J connectivity index is 1.63. The van der Waals surface area contributed by atoms with Crippen LogP contribution in [0.3, 0.4) is 0 Å². The molecule has 1 fully saturated rings. The van der Waals surface area contributed by atoms with Gasteiger partial charge in [-0.1, -0.05) is 12.1 Å². The number of benzene rings is 1. The van der Waals surface area contributed by atoms with Gasteiger partial charge in [-0.05, 0) is 50.5 Å². The Hall–Kier alpha value is -2.50. The van der Waals surface area contributed by atoms with Crippen molar-refractivity contribution in [1.29, 1.82) is 0 Å². The van der Waals surface area contributed by atoms with Crippen LogP contribution in [0.1, 0.15) is 44.2 Å². The molecule has 6 heteroatoms. The second-order valence-corrected chi connectivity index (χ2v) is 7.36. The van der Waals surface area contributed by atoms with Gasteiger partial charge in [-0.3, -0.25) is 4.68 Å². The van der Waals surface area contributed by atoms with Crippen molar-refractivity contribution in [1.82, 2.24) is 20.0 Å². The van der Waals surface area contributed by atoms with Gasteiger partial charge in [-0.25, -0.2) is 4.99 Å². The predicted octanol–water partition coefficient (Wildman–Crippen LogP) is 3.16. The number of aryl methyl sites for hydroxylation is 1. The molecular weight excluding hydrogens is 338 g/mol. The largest absolute Gasteiger partial charge is 0.491 e. The van der Waals surface area contributed by atoms with Gasteiger partial charge in [0.2, 0.25) is 0 Å². The average Bonchev–Trinajstić information content (AvgIpc) is 3.28. The average molecular weight is 370 g/mol. The lowest BCUT2D eigenvalue weighted by Crippen LogP contribution is -2.40. The summed E-state index contributed by atoms with van der Waals surface area (Å²) in [7, 11) is 1.97. The highest BCUT2D eigenvalue weighted by atomic mass is 16.5. The summed E-state index contributed by atoms with van der Waals surface area (Å²) in [5.41, 5.74) is 2.50. The van der Waals surface area contributed by atoms with Crippen LogP contribution in [0.5, 0.6) is 5.75 Å². The highest BCUT2D eigenvalue weighted by Gasteiger charge is 2.26. The minimum absolute atomic E-state index is 0.192. The first-order chi connectivity index (χ1) is 13.0. The molecule has 27 heavy (non-hydrogen) atoms. The zero-order valence-electron chi connectivity index (χ0n) is 16.9. The van der Waals surface area contributed by atoms with Crippen molar-refractivity contribution in [3.63, 3.8) is 0 Å². The highest BCUT2D eigenvalue weighted by molar-refractivity contribution is 5.80. The lowest BCUT2D eigenvalue weighted by Gasteiger charge is -2.21. The SMILES string of the molecule is CCNC(=NCc1ccc(OC(C)C)cc1)N1CCC(c2cnn(C)c2)C1. The van der Waals surface area contributed by atoms with Gasteiger partial charge in [0.15, 0.2) is 5.96 Å². The molecule has 0 radical (unpaired) electrons. The lowest BCUT2D eigenvalue weighted by molar-refractivity contribution is 0.242. The van der Waals surface area contributed by atoms with E-state index >= 15 is 0 Å². The number of hydrogen-bond donors (Lipinski definition) is 1. The fraction of sp³-hybridized carbons (Fsp3) is 0.524. The molecule has 0 spiro atoms. The van der Waals surface area contributed by atoms with Crippen molar-refractivity contribution in [2.24, 2.45) is 12.0 Å². The van der Waals surface area contributed by atoms with E-state index in [0.717, 1.165) is 37.8 Å². The molecule has 1 aromatic heterocycles.